The third kappa shape index (κ3) is 3.36. The van der Waals surface area contributed by atoms with Crippen molar-refractivity contribution in [1.82, 2.24) is 0 Å². The molecule has 3 rings (SSSR count). The van der Waals surface area contributed by atoms with E-state index < -0.39 is 35.0 Å². The van der Waals surface area contributed by atoms with Crippen LogP contribution in [0.5, 0.6) is 0 Å². The van der Waals surface area contributed by atoms with E-state index in [4.69, 9.17) is 18.9 Å². The van der Waals surface area contributed by atoms with Crippen LogP contribution >= 0.6 is 0 Å². The van der Waals surface area contributed by atoms with Crippen LogP contribution in [0.25, 0.3) is 0 Å². The summed E-state index contributed by atoms with van der Waals surface area (Å²) in [6.45, 7) is 10.1. The van der Waals surface area contributed by atoms with Gasteiger partial charge < -0.3 is 29.2 Å². The molecule has 0 aromatic heterocycles. The first kappa shape index (κ1) is 20.6. The number of aliphatic hydroxyl groups is 2. The molecule has 0 amide bonds. The second-order valence-electron chi connectivity index (χ2n) is 7.93. The third-order valence-corrected chi connectivity index (χ3v) is 5.33. The number of esters is 2. The van der Waals surface area contributed by atoms with E-state index in [1.807, 2.05) is 0 Å². The van der Waals surface area contributed by atoms with E-state index in [9.17, 15) is 19.8 Å². The molecule has 0 aromatic rings. The Morgan fingerprint density at radius 2 is 2.04 bits per heavy atom. The number of carbonyl (C=O) groups is 2. The summed E-state index contributed by atoms with van der Waals surface area (Å²) < 4.78 is 22.2. The molecule has 154 valence electrons. The Hall–Kier alpha value is -2.16. The number of hydrogen-bond acceptors (Lipinski definition) is 8. The predicted molar refractivity (Wildman–Crippen MR) is 96.4 cm³/mol. The largest absolute Gasteiger partial charge is 0.486 e. The molecule has 4 atom stereocenters. The van der Waals surface area contributed by atoms with Crippen molar-refractivity contribution >= 4 is 11.9 Å². The molecule has 0 radical (unpaired) electrons. The molecule has 2 N–H and O–H groups in total. The molecule has 3 heterocycles. The zero-order valence-electron chi connectivity index (χ0n) is 16.5. The molecular formula is C20H26O8. The molecule has 1 saturated heterocycles. The van der Waals surface area contributed by atoms with Crippen molar-refractivity contribution in [3.8, 4) is 0 Å². The SMILES string of the molecule is C=C(C)C(=O)O[C@H]1C[C@@](C)(O)[C@@]2(O)CC[C@](C)(/C=C3/OC(=O)C(OCC)=C31)O2. The maximum absolute atomic E-state index is 12.4. The number of ether oxygens (including phenoxy) is 4. The standard InChI is InChI=1S/C20H26O8/c1-6-25-15-14-12(27-17(15)22)9-18(4)7-8-20(24,28-18)19(5,23)10-13(14)26-16(21)11(2)3/h9,13,23-24H,2,6-8,10H2,1,3-5H3/b12-9+/t13-,18+,19+,20+/m0/s1. The monoisotopic (exact) mass is 394 g/mol. The van der Waals surface area contributed by atoms with Crippen molar-refractivity contribution in [2.24, 2.45) is 0 Å². The van der Waals surface area contributed by atoms with Crippen molar-refractivity contribution in [2.75, 3.05) is 6.61 Å². The molecule has 3 aliphatic rings. The lowest BCUT2D eigenvalue weighted by molar-refractivity contribution is -0.298. The van der Waals surface area contributed by atoms with Gasteiger partial charge in [0.05, 0.1) is 17.8 Å². The van der Waals surface area contributed by atoms with Crippen molar-refractivity contribution in [3.05, 3.63) is 35.3 Å². The smallest absolute Gasteiger partial charge is 0.379 e. The first-order valence-corrected chi connectivity index (χ1v) is 9.25. The number of rotatable bonds is 4. The van der Waals surface area contributed by atoms with Crippen LogP contribution in [0.4, 0.5) is 0 Å². The van der Waals surface area contributed by atoms with Gasteiger partial charge in [0.15, 0.2) is 5.79 Å². The summed E-state index contributed by atoms with van der Waals surface area (Å²) in [6, 6.07) is 0. The van der Waals surface area contributed by atoms with E-state index in [1.165, 1.54) is 13.8 Å². The quantitative estimate of drug-likeness (QED) is 0.547. The summed E-state index contributed by atoms with van der Waals surface area (Å²) in [5.74, 6) is -3.22. The summed E-state index contributed by atoms with van der Waals surface area (Å²) in [5.41, 5.74) is -2.42. The fraction of sp³-hybridized carbons (Fsp3) is 0.600. The molecule has 0 spiro atoms. The van der Waals surface area contributed by atoms with Crippen LogP contribution in [0.15, 0.2) is 35.3 Å². The Morgan fingerprint density at radius 1 is 1.36 bits per heavy atom. The topological polar surface area (TPSA) is 112 Å². The van der Waals surface area contributed by atoms with E-state index in [2.05, 4.69) is 6.58 Å². The Kier molecular flexibility index (Phi) is 4.94. The van der Waals surface area contributed by atoms with Gasteiger partial charge in [-0.2, -0.15) is 0 Å². The Morgan fingerprint density at radius 3 is 2.64 bits per heavy atom. The van der Waals surface area contributed by atoms with E-state index in [0.717, 1.165) is 0 Å². The Bertz CT molecular complexity index is 792. The van der Waals surface area contributed by atoms with Gasteiger partial charge in [-0.1, -0.05) is 6.58 Å². The molecule has 2 bridgehead atoms. The van der Waals surface area contributed by atoms with Gasteiger partial charge in [-0.3, -0.25) is 0 Å². The molecule has 8 heteroatoms. The van der Waals surface area contributed by atoms with Crippen LogP contribution in [0.3, 0.4) is 0 Å². The average molecular weight is 394 g/mol. The van der Waals surface area contributed by atoms with Crippen molar-refractivity contribution in [3.63, 3.8) is 0 Å². The molecule has 28 heavy (non-hydrogen) atoms. The number of fused-ring (bicyclic) bond motifs is 3. The fourth-order valence-corrected chi connectivity index (χ4v) is 3.73. The molecule has 0 saturated carbocycles. The summed E-state index contributed by atoms with van der Waals surface area (Å²) >= 11 is 0. The highest BCUT2D eigenvalue weighted by Crippen LogP contribution is 2.49. The lowest BCUT2D eigenvalue weighted by Gasteiger charge is -2.40. The minimum absolute atomic E-state index is 0.0857. The van der Waals surface area contributed by atoms with Crippen LogP contribution in [0.1, 0.15) is 47.0 Å². The van der Waals surface area contributed by atoms with Crippen LogP contribution in [-0.2, 0) is 28.5 Å². The van der Waals surface area contributed by atoms with Gasteiger partial charge in [0.1, 0.15) is 17.5 Å². The minimum Gasteiger partial charge on any atom is -0.486 e. The lowest BCUT2D eigenvalue weighted by atomic mass is 9.83. The molecule has 1 fully saturated rings. The molecule has 0 aliphatic carbocycles. The predicted octanol–water partition coefficient (Wildman–Crippen LogP) is 1.62. The highest BCUT2D eigenvalue weighted by molar-refractivity contribution is 5.93. The van der Waals surface area contributed by atoms with Gasteiger partial charge in [0.25, 0.3) is 0 Å². The molecular weight excluding hydrogens is 368 g/mol. The highest BCUT2D eigenvalue weighted by atomic mass is 16.7. The Labute approximate surface area is 163 Å². The van der Waals surface area contributed by atoms with Crippen LogP contribution in [-0.4, -0.2) is 51.9 Å². The zero-order valence-corrected chi connectivity index (χ0v) is 16.5. The lowest BCUT2D eigenvalue weighted by Crippen LogP contribution is -2.54. The maximum atomic E-state index is 12.4. The van der Waals surface area contributed by atoms with Gasteiger partial charge in [-0.05, 0) is 40.2 Å². The molecule has 0 aromatic carbocycles. The Balaban J connectivity index is 2.18. The maximum Gasteiger partial charge on any atom is 0.379 e. The summed E-state index contributed by atoms with van der Waals surface area (Å²) in [6.07, 6.45) is 0.765. The molecule has 3 aliphatic heterocycles. The first-order chi connectivity index (χ1) is 12.9. The van der Waals surface area contributed by atoms with Gasteiger partial charge in [0, 0.05) is 18.4 Å². The highest BCUT2D eigenvalue weighted by Gasteiger charge is 2.59. The normalized spacial score (nSPS) is 39.1. The van der Waals surface area contributed by atoms with Crippen LogP contribution < -0.4 is 0 Å². The zero-order chi connectivity index (χ0) is 20.9. The van der Waals surface area contributed by atoms with Crippen molar-refractivity contribution in [1.29, 1.82) is 0 Å². The first-order valence-electron chi connectivity index (χ1n) is 9.25. The third-order valence-electron chi connectivity index (χ3n) is 5.33. The average Bonchev–Trinajstić information content (AvgIpc) is 3.05. The van der Waals surface area contributed by atoms with Gasteiger partial charge >= 0.3 is 11.9 Å². The second-order valence-corrected chi connectivity index (χ2v) is 7.93. The van der Waals surface area contributed by atoms with Crippen molar-refractivity contribution < 1.29 is 38.7 Å². The van der Waals surface area contributed by atoms with Gasteiger partial charge in [-0.15, -0.1) is 0 Å². The van der Waals surface area contributed by atoms with E-state index >= 15 is 0 Å². The molecule has 8 nitrogen and oxygen atoms in total. The van der Waals surface area contributed by atoms with E-state index in [0.29, 0.717) is 6.42 Å². The van der Waals surface area contributed by atoms with Crippen molar-refractivity contribution in [2.45, 2.75) is 70.1 Å². The molecule has 0 unspecified atom stereocenters. The van der Waals surface area contributed by atoms with E-state index in [1.54, 1.807) is 19.9 Å². The number of hydrogen-bond donors (Lipinski definition) is 2. The van der Waals surface area contributed by atoms with E-state index in [-0.39, 0.29) is 42.1 Å². The fourth-order valence-electron chi connectivity index (χ4n) is 3.73. The van der Waals surface area contributed by atoms with Crippen LogP contribution in [0.2, 0.25) is 0 Å². The summed E-state index contributed by atoms with van der Waals surface area (Å²) in [7, 11) is 0. The van der Waals surface area contributed by atoms with Gasteiger partial charge in [-0.25, -0.2) is 9.59 Å². The second kappa shape index (κ2) is 6.72. The summed E-state index contributed by atoms with van der Waals surface area (Å²) in [5, 5.41) is 22.1. The minimum atomic E-state index is -1.86. The number of carbonyl (C=O) groups excluding carboxylic acids is 2. The van der Waals surface area contributed by atoms with Crippen LogP contribution in [0, 0.1) is 0 Å². The van der Waals surface area contributed by atoms with Gasteiger partial charge in [0.2, 0.25) is 5.76 Å². The summed E-state index contributed by atoms with van der Waals surface area (Å²) in [4.78, 5) is 24.6.